The van der Waals surface area contributed by atoms with E-state index in [4.69, 9.17) is 14.0 Å². The van der Waals surface area contributed by atoms with Crippen molar-refractivity contribution < 1.29 is 14.0 Å². The summed E-state index contributed by atoms with van der Waals surface area (Å²) < 4.78 is 18.9. The molecule has 0 unspecified atom stereocenters. The molecule has 0 saturated heterocycles. The molecule has 0 aromatic rings. The molecule has 28 heavy (non-hydrogen) atoms. The molecule has 0 radical (unpaired) electrons. The SMILES string of the molecule is C1C[C@H]2C[C@H]1C[C@H]2COB(OC[C@@H]1C[C@H]2CC[C@H]1C2)OC[C@H]1C[C@H]2CC[C@H]1C2. The van der Waals surface area contributed by atoms with Gasteiger partial charge in [0.25, 0.3) is 0 Å². The van der Waals surface area contributed by atoms with Crippen molar-refractivity contribution in [2.75, 3.05) is 19.8 Å². The second kappa shape index (κ2) is 7.89. The molecular weight excluding hydrogens is 347 g/mol. The van der Waals surface area contributed by atoms with Gasteiger partial charge in [0, 0.05) is 19.8 Å². The lowest BCUT2D eigenvalue weighted by Gasteiger charge is -2.27. The standard InChI is InChI=1S/C24H39BO3/c1-4-19-7-16(1)10-22(19)13-26-25(27-14-23-11-17-2-5-20(23)8-17)28-15-24-12-18-3-6-21(24)9-18/h16-24H,1-15H2/t16-,17-,18-,19-,20-,21-,22-,23-,24+/m0/s1. The van der Waals surface area contributed by atoms with Crippen LogP contribution in [0.3, 0.4) is 0 Å². The summed E-state index contributed by atoms with van der Waals surface area (Å²) in [5.74, 6) is 8.01. The van der Waals surface area contributed by atoms with Gasteiger partial charge in [-0.1, -0.05) is 19.3 Å². The van der Waals surface area contributed by atoms with E-state index in [1.807, 2.05) is 0 Å². The summed E-state index contributed by atoms with van der Waals surface area (Å²) in [6.45, 7) is 2.58. The smallest absolute Gasteiger partial charge is 0.386 e. The maximum Gasteiger partial charge on any atom is 0.639 e. The van der Waals surface area contributed by atoms with Crippen LogP contribution in [0.1, 0.15) is 77.0 Å². The number of rotatable bonds is 9. The van der Waals surface area contributed by atoms with Gasteiger partial charge in [-0.25, -0.2) is 0 Å². The molecule has 0 aromatic heterocycles. The van der Waals surface area contributed by atoms with E-state index in [9.17, 15) is 0 Å². The van der Waals surface area contributed by atoms with E-state index in [2.05, 4.69) is 0 Å². The Kier molecular flexibility index (Phi) is 5.27. The molecule has 0 aliphatic heterocycles. The van der Waals surface area contributed by atoms with Crippen LogP contribution < -0.4 is 0 Å². The third-order valence-electron chi connectivity index (χ3n) is 9.99. The third-order valence-corrected chi connectivity index (χ3v) is 9.99. The second-order valence-corrected chi connectivity index (χ2v) is 11.6. The average Bonchev–Trinajstić information content (AvgIpc) is 3.54. The molecule has 0 N–H and O–H groups in total. The first-order valence-electron chi connectivity index (χ1n) is 12.6. The maximum atomic E-state index is 6.31. The Balaban J connectivity index is 1.01. The van der Waals surface area contributed by atoms with Crippen LogP contribution in [-0.4, -0.2) is 27.1 Å². The van der Waals surface area contributed by atoms with Gasteiger partial charge >= 0.3 is 7.32 Å². The van der Waals surface area contributed by atoms with Gasteiger partial charge < -0.3 is 14.0 Å². The summed E-state index contributed by atoms with van der Waals surface area (Å²) in [5.41, 5.74) is 0. The first-order valence-corrected chi connectivity index (χ1v) is 12.6. The monoisotopic (exact) mass is 386 g/mol. The number of fused-ring (bicyclic) bond motifs is 6. The topological polar surface area (TPSA) is 27.7 Å². The van der Waals surface area contributed by atoms with Gasteiger partial charge in [-0.2, -0.15) is 0 Å². The molecule has 6 aliphatic carbocycles. The van der Waals surface area contributed by atoms with Crippen LogP contribution in [0.5, 0.6) is 0 Å². The van der Waals surface area contributed by atoms with Gasteiger partial charge in [-0.3, -0.25) is 0 Å². The fourth-order valence-corrected chi connectivity index (χ4v) is 8.49. The zero-order valence-corrected chi connectivity index (χ0v) is 17.6. The number of hydrogen-bond donors (Lipinski definition) is 0. The molecule has 0 aromatic carbocycles. The Morgan fingerprint density at radius 2 is 0.821 bits per heavy atom. The van der Waals surface area contributed by atoms with Crippen molar-refractivity contribution in [3.8, 4) is 0 Å². The van der Waals surface area contributed by atoms with Gasteiger partial charge in [-0.15, -0.1) is 0 Å². The molecule has 6 bridgehead atoms. The summed E-state index contributed by atoms with van der Waals surface area (Å²) in [6.07, 6.45) is 17.2. The molecule has 9 atom stereocenters. The highest BCUT2D eigenvalue weighted by atomic mass is 16.7. The Morgan fingerprint density at radius 3 is 1.07 bits per heavy atom. The lowest BCUT2D eigenvalue weighted by molar-refractivity contribution is 0.0400. The number of hydrogen-bond acceptors (Lipinski definition) is 3. The largest absolute Gasteiger partial charge is 0.639 e. The highest BCUT2D eigenvalue weighted by Gasteiger charge is 2.43. The predicted octanol–water partition coefficient (Wildman–Crippen LogP) is 5.33. The van der Waals surface area contributed by atoms with E-state index >= 15 is 0 Å². The molecule has 156 valence electrons. The van der Waals surface area contributed by atoms with Crippen molar-refractivity contribution >= 4 is 7.32 Å². The van der Waals surface area contributed by atoms with Crippen LogP contribution in [-0.2, 0) is 14.0 Å². The maximum absolute atomic E-state index is 6.31. The minimum absolute atomic E-state index is 0.405. The Morgan fingerprint density at radius 1 is 0.464 bits per heavy atom. The molecular formula is C24H39BO3. The Hall–Kier alpha value is -0.0551. The lowest BCUT2D eigenvalue weighted by Crippen LogP contribution is -2.35. The second-order valence-electron chi connectivity index (χ2n) is 11.6. The molecule has 0 spiro atoms. The minimum atomic E-state index is -0.405. The van der Waals surface area contributed by atoms with Crippen LogP contribution in [0.15, 0.2) is 0 Å². The molecule has 6 aliphatic rings. The average molecular weight is 386 g/mol. The zero-order valence-electron chi connectivity index (χ0n) is 17.6. The van der Waals surface area contributed by atoms with Crippen LogP contribution in [0.4, 0.5) is 0 Å². The van der Waals surface area contributed by atoms with Crippen molar-refractivity contribution in [3.63, 3.8) is 0 Å². The summed E-state index contributed by atoms with van der Waals surface area (Å²) in [6, 6.07) is 0. The van der Waals surface area contributed by atoms with E-state index in [1.165, 1.54) is 77.0 Å². The third kappa shape index (κ3) is 3.71. The molecule has 6 saturated carbocycles. The fourth-order valence-electron chi connectivity index (χ4n) is 8.49. The molecule has 6 fully saturated rings. The van der Waals surface area contributed by atoms with Crippen LogP contribution >= 0.6 is 0 Å². The molecule has 4 heteroatoms. The van der Waals surface area contributed by atoms with Crippen molar-refractivity contribution in [2.24, 2.45) is 53.3 Å². The first-order chi connectivity index (χ1) is 13.8. The van der Waals surface area contributed by atoms with Gasteiger partial charge in [-0.05, 0) is 111 Å². The lowest BCUT2D eigenvalue weighted by atomic mass is 9.88. The van der Waals surface area contributed by atoms with E-state index in [1.54, 1.807) is 0 Å². The quantitative estimate of drug-likeness (QED) is 0.502. The highest BCUT2D eigenvalue weighted by molar-refractivity contribution is 6.36. The highest BCUT2D eigenvalue weighted by Crippen LogP contribution is 2.50. The summed E-state index contributed by atoms with van der Waals surface area (Å²) in [4.78, 5) is 0. The van der Waals surface area contributed by atoms with Gasteiger partial charge in [0.15, 0.2) is 0 Å². The van der Waals surface area contributed by atoms with E-state index in [-0.39, 0.29) is 0 Å². The van der Waals surface area contributed by atoms with Crippen LogP contribution in [0, 0.1) is 53.3 Å². The summed E-state index contributed by atoms with van der Waals surface area (Å²) in [5, 5.41) is 0. The predicted molar refractivity (Wildman–Crippen MR) is 110 cm³/mol. The van der Waals surface area contributed by atoms with E-state index in [0.717, 1.165) is 73.1 Å². The van der Waals surface area contributed by atoms with E-state index < -0.39 is 7.32 Å². The Bertz CT molecular complexity index is 480. The Labute approximate surface area is 171 Å². The van der Waals surface area contributed by atoms with Crippen molar-refractivity contribution in [1.29, 1.82) is 0 Å². The van der Waals surface area contributed by atoms with Crippen molar-refractivity contribution in [1.82, 2.24) is 0 Å². The van der Waals surface area contributed by atoms with Gasteiger partial charge in [0.2, 0.25) is 0 Å². The van der Waals surface area contributed by atoms with Crippen LogP contribution in [0.2, 0.25) is 0 Å². The fraction of sp³-hybridized carbons (Fsp3) is 1.00. The van der Waals surface area contributed by atoms with Crippen molar-refractivity contribution in [3.05, 3.63) is 0 Å². The van der Waals surface area contributed by atoms with Gasteiger partial charge in [0.1, 0.15) is 0 Å². The van der Waals surface area contributed by atoms with Crippen LogP contribution in [0.25, 0.3) is 0 Å². The normalized spacial score (nSPS) is 48.2. The van der Waals surface area contributed by atoms with Crippen molar-refractivity contribution in [2.45, 2.75) is 77.0 Å². The minimum Gasteiger partial charge on any atom is -0.386 e. The summed E-state index contributed by atoms with van der Waals surface area (Å²) >= 11 is 0. The summed E-state index contributed by atoms with van der Waals surface area (Å²) in [7, 11) is -0.405. The molecule has 0 heterocycles. The molecule has 0 amide bonds. The first kappa shape index (κ1) is 18.7. The molecule has 3 nitrogen and oxygen atoms in total. The van der Waals surface area contributed by atoms with E-state index in [0.29, 0.717) is 0 Å². The van der Waals surface area contributed by atoms with Gasteiger partial charge in [0.05, 0.1) is 0 Å². The molecule has 6 rings (SSSR count). The zero-order chi connectivity index (χ0) is 18.5.